The topological polar surface area (TPSA) is 116 Å². The first-order chi connectivity index (χ1) is 20.2. The number of rotatable bonds is 13. The fraction of sp³-hybridized carbons (Fsp3) is 0.367. The van der Waals surface area contributed by atoms with Crippen molar-refractivity contribution in [1.82, 2.24) is 24.6 Å². The van der Waals surface area contributed by atoms with Gasteiger partial charge in [-0.3, -0.25) is 14.6 Å². The first-order valence-corrected chi connectivity index (χ1v) is 16.7. The van der Waals surface area contributed by atoms with Gasteiger partial charge in [-0.25, -0.2) is 24.8 Å². The number of carbonyl (C=O) groups is 1. The molecule has 0 aliphatic carbocycles. The van der Waals surface area contributed by atoms with Crippen LogP contribution < -0.4 is 15.4 Å². The third kappa shape index (κ3) is 7.84. The molecule has 5 rings (SSSR count). The summed E-state index contributed by atoms with van der Waals surface area (Å²) >= 11 is 0. The Morgan fingerprint density at radius 2 is 1.64 bits per heavy atom. The Labute approximate surface area is 246 Å². The van der Waals surface area contributed by atoms with Gasteiger partial charge in [-0.15, -0.1) is 9.78 Å². The molecule has 0 bridgehead atoms. The summed E-state index contributed by atoms with van der Waals surface area (Å²) in [6.45, 7) is 2.46. The van der Waals surface area contributed by atoms with Crippen molar-refractivity contribution < 1.29 is 18.7 Å². The van der Waals surface area contributed by atoms with Crippen molar-refractivity contribution in [2.24, 2.45) is 0 Å². The number of amides is 1. The molecular weight excluding hydrogens is 556 g/mol. The second-order valence-corrected chi connectivity index (χ2v) is 15.5. The van der Waals surface area contributed by atoms with Crippen molar-refractivity contribution in [2.45, 2.75) is 19.5 Å². The average molecular weight is 593 g/mol. The lowest BCUT2D eigenvalue weighted by molar-refractivity contribution is -0.122. The SMILES string of the molecule is CS(C)(C)CCOCN1C(=O)COc2ncc(-n3nc(CCN(Cc4ccccc4)Cc4ccccc4)oc3=O)nc21. The van der Waals surface area contributed by atoms with E-state index in [2.05, 4.69) is 63.0 Å². The standard InChI is InChI=1S/C30H36N6O5S/c1-42(2,3)17-16-39-22-35-27(37)21-40-29-28(35)32-25(18-31-29)36-30(38)41-26(33-36)14-15-34(19-23-10-6-4-7-11-23)20-24-12-8-5-9-13-24/h4-13,18H,14-17,19-22H2,1-3H3. The van der Waals surface area contributed by atoms with E-state index in [1.165, 1.54) is 22.2 Å². The van der Waals surface area contributed by atoms with Crippen LogP contribution in [0.25, 0.3) is 5.82 Å². The van der Waals surface area contributed by atoms with Crippen LogP contribution in [0.1, 0.15) is 17.0 Å². The van der Waals surface area contributed by atoms with E-state index in [-0.39, 0.29) is 42.7 Å². The predicted molar refractivity (Wildman–Crippen MR) is 162 cm³/mol. The van der Waals surface area contributed by atoms with Gasteiger partial charge in [0.25, 0.3) is 11.8 Å². The lowest BCUT2D eigenvalue weighted by Crippen LogP contribution is -2.41. The molecule has 0 spiro atoms. The predicted octanol–water partition coefficient (Wildman–Crippen LogP) is 3.25. The molecule has 2 aromatic heterocycles. The fourth-order valence-electron chi connectivity index (χ4n) is 4.38. The number of carbonyl (C=O) groups excluding carboxylic acids is 1. The quantitative estimate of drug-likeness (QED) is 0.216. The van der Waals surface area contributed by atoms with E-state index in [1.54, 1.807) is 0 Å². The van der Waals surface area contributed by atoms with Gasteiger partial charge in [-0.2, -0.15) is 0 Å². The first-order valence-electron chi connectivity index (χ1n) is 13.7. The molecule has 42 heavy (non-hydrogen) atoms. The minimum Gasteiger partial charge on any atom is -0.465 e. The van der Waals surface area contributed by atoms with Crippen LogP contribution in [0.3, 0.4) is 0 Å². The Morgan fingerprint density at radius 1 is 0.976 bits per heavy atom. The summed E-state index contributed by atoms with van der Waals surface area (Å²) in [5.41, 5.74) is 2.38. The molecule has 12 heteroatoms. The number of ether oxygens (including phenoxy) is 2. The second-order valence-electron chi connectivity index (χ2n) is 10.9. The zero-order valence-electron chi connectivity index (χ0n) is 24.1. The van der Waals surface area contributed by atoms with Crippen LogP contribution in [0.5, 0.6) is 5.88 Å². The minimum atomic E-state index is -0.730. The van der Waals surface area contributed by atoms with Crippen molar-refractivity contribution in [3.05, 3.63) is 94.4 Å². The van der Waals surface area contributed by atoms with Crippen molar-refractivity contribution in [3.8, 4) is 11.7 Å². The van der Waals surface area contributed by atoms with E-state index in [1.807, 2.05) is 36.4 Å². The average Bonchev–Trinajstić information content (AvgIpc) is 3.35. The highest BCUT2D eigenvalue weighted by Crippen LogP contribution is 2.34. The number of hydrogen-bond acceptors (Lipinski definition) is 9. The number of fused-ring (bicyclic) bond motifs is 1. The van der Waals surface area contributed by atoms with Gasteiger partial charge in [0.05, 0.1) is 12.8 Å². The highest BCUT2D eigenvalue weighted by Gasteiger charge is 2.29. The maximum atomic E-state index is 12.8. The zero-order chi connectivity index (χ0) is 29.5. The third-order valence-electron chi connectivity index (χ3n) is 6.61. The molecule has 0 saturated heterocycles. The monoisotopic (exact) mass is 592 g/mol. The highest BCUT2D eigenvalue weighted by atomic mass is 32.3. The summed E-state index contributed by atoms with van der Waals surface area (Å²) in [5.74, 6) is 0.704. The van der Waals surface area contributed by atoms with Gasteiger partial charge in [0, 0.05) is 31.8 Å². The molecule has 0 fully saturated rings. The molecule has 2 aromatic carbocycles. The first kappa shape index (κ1) is 29.5. The van der Waals surface area contributed by atoms with Crippen LogP contribution in [0.15, 0.2) is 76.1 Å². The van der Waals surface area contributed by atoms with Gasteiger partial charge in [0.2, 0.25) is 11.7 Å². The molecule has 222 valence electrons. The Morgan fingerprint density at radius 3 is 2.29 bits per heavy atom. The molecule has 0 atom stereocenters. The number of aromatic nitrogens is 4. The zero-order valence-corrected chi connectivity index (χ0v) is 25.0. The summed E-state index contributed by atoms with van der Waals surface area (Å²) in [7, 11) is -0.730. The summed E-state index contributed by atoms with van der Waals surface area (Å²) in [6, 6.07) is 20.5. The number of benzene rings is 2. The molecule has 0 unspecified atom stereocenters. The van der Waals surface area contributed by atoms with E-state index in [4.69, 9.17) is 13.9 Å². The van der Waals surface area contributed by atoms with Crippen molar-refractivity contribution in [3.63, 3.8) is 0 Å². The van der Waals surface area contributed by atoms with Crippen LogP contribution in [-0.4, -0.2) is 81.6 Å². The Bertz CT molecular complexity index is 1500. The van der Waals surface area contributed by atoms with Crippen molar-refractivity contribution >= 4 is 21.8 Å². The molecule has 1 aliphatic rings. The van der Waals surface area contributed by atoms with Gasteiger partial charge < -0.3 is 13.9 Å². The van der Waals surface area contributed by atoms with Crippen LogP contribution in [0, 0.1) is 0 Å². The van der Waals surface area contributed by atoms with Gasteiger partial charge >= 0.3 is 5.76 Å². The number of anilines is 1. The Balaban J connectivity index is 1.30. The van der Waals surface area contributed by atoms with Crippen molar-refractivity contribution in [2.75, 3.05) is 55.9 Å². The Kier molecular flexibility index (Phi) is 9.35. The van der Waals surface area contributed by atoms with E-state index in [9.17, 15) is 9.59 Å². The maximum absolute atomic E-state index is 12.8. The van der Waals surface area contributed by atoms with Gasteiger partial charge in [-0.1, -0.05) is 60.7 Å². The molecule has 0 saturated carbocycles. The normalized spacial score (nSPS) is 13.7. The molecule has 0 radical (unpaired) electrons. The molecule has 3 heterocycles. The van der Waals surface area contributed by atoms with Crippen LogP contribution in [0.4, 0.5) is 5.82 Å². The lowest BCUT2D eigenvalue weighted by Gasteiger charge is -2.28. The summed E-state index contributed by atoms with van der Waals surface area (Å²) in [4.78, 5) is 37.9. The third-order valence-corrected chi connectivity index (χ3v) is 8.00. The summed E-state index contributed by atoms with van der Waals surface area (Å²) in [5, 5.41) is 4.40. The Hall–Kier alpha value is -4.00. The second kappa shape index (κ2) is 13.3. The van der Waals surface area contributed by atoms with Gasteiger partial charge in [-0.05, 0) is 29.9 Å². The van der Waals surface area contributed by atoms with Gasteiger partial charge in [0.15, 0.2) is 12.4 Å². The highest BCUT2D eigenvalue weighted by molar-refractivity contribution is 8.32. The fourth-order valence-corrected chi connectivity index (χ4v) is 4.99. The molecular formula is C30H36N6O5S. The summed E-state index contributed by atoms with van der Waals surface area (Å²) in [6.07, 6.45) is 8.41. The number of nitrogens with zero attached hydrogens (tertiary/aromatic N) is 6. The van der Waals surface area contributed by atoms with Crippen LogP contribution in [-0.2, 0) is 29.0 Å². The largest absolute Gasteiger partial charge is 0.465 e. The molecule has 11 nitrogen and oxygen atoms in total. The van der Waals surface area contributed by atoms with Crippen LogP contribution in [0.2, 0.25) is 0 Å². The van der Waals surface area contributed by atoms with Crippen LogP contribution >= 0.6 is 10.0 Å². The molecule has 0 N–H and O–H groups in total. The van der Waals surface area contributed by atoms with E-state index < -0.39 is 15.8 Å². The van der Waals surface area contributed by atoms with E-state index in [0.29, 0.717) is 19.6 Å². The minimum absolute atomic E-state index is 0.0144. The number of hydrogen-bond donors (Lipinski definition) is 0. The molecule has 1 amide bonds. The van der Waals surface area contributed by atoms with E-state index >= 15 is 0 Å². The molecule has 1 aliphatic heterocycles. The van der Waals surface area contributed by atoms with E-state index in [0.717, 1.165) is 23.5 Å². The van der Waals surface area contributed by atoms with Gasteiger partial charge in [0.1, 0.15) is 6.73 Å². The summed E-state index contributed by atoms with van der Waals surface area (Å²) < 4.78 is 17.8. The smallest absolute Gasteiger partial charge is 0.443 e. The van der Waals surface area contributed by atoms with Crippen molar-refractivity contribution in [1.29, 1.82) is 0 Å². The maximum Gasteiger partial charge on any atom is 0.443 e. The molecule has 4 aromatic rings. The lowest BCUT2D eigenvalue weighted by atomic mass is 10.1.